The van der Waals surface area contributed by atoms with Crippen LogP contribution < -0.4 is 16.8 Å². The lowest BCUT2D eigenvalue weighted by Gasteiger charge is -2.05. The quantitative estimate of drug-likeness (QED) is 0.772. The summed E-state index contributed by atoms with van der Waals surface area (Å²) in [6.45, 7) is 0.556. The molecule has 2 rings (SSSR count). The van der Waals surface area contributed by atoms with Crippen molar-refractivity contribution in [1.82, 2.24) is 0 Å². The van der Waals surface area contributed by atoms with Crippen LogP contribution in [0.2, 0.25) is 0 Å². The molecule has 1 aromatic heterocycles. The van der Waals surface area contributed by atoms with E-state index in [9.17, 15) is 9.59 Å². The van der Waals surface area contributed by atoms with E-state index in [4.69, 9.17) is 11.5 Å². The Kier molecular flexibility index (Phi) is 3.82. The molecule has 0 bridgehead atoms. The number of rotatable bonds is 5. The maximum Gasteiger partial charge on any atom is 0.249 e. The summed E-state index contributed by atoms with van der Waals surface area (Å²) in [4.78, 5) is 23.0. The Hall–Kier alpha value is -2.34. The second-order valence-electron chi connectivity index (χ2n) is 3.96. The molecule has 1 heterocycles. The molecule has 2 aromatic rings. The third kappa shape index (κ3) is 3.32. The number of carbonyl (C=O) groups is 2. The SMILES string of the molecule is NC(=O)c1cccc(NCc2cc(C(N)=O)cs2)c1. The lowest BCUT2D eigenvalue weighted by atomic mass is 10.2. The van der Waals surface area contributed by atoms with Crippen LogP contribution in [0.3, 0.4) is 0 Å². The van der Waals surface area contributed by atoms with Crippen LogP contribution >= 0.6 is 11.3 Å². The number of nitrogens with one attached hydrogen (secondary N) is 1. The molecule has 0 aliphatic heterocycles. The highest BCUT2D eigenvalue weighted by Gasteiger charge is 2.05. The summed E-state index contributed by atoms with van der Waals surface area (Å²) in [7, 11) is 0. The summed E-state index contributed by atoms with van der Waals surface area (Å²) in [5.41, 5.74) is 12.2. The fourth-order valence-electron chi connectivity index (χ4n) is 1.57. The third-order valence-corrected chi connectivity index (χ3v) is 3.49. The number of hydrogen-bond acceptors (Lipinski definition) is 4. The normalized spacial score (nSPS) is 10.1. The second-order valence-corrected chi connectivity index (χ2v) is 4.96. The molecule has 98 valence electrons. The average molecular weight is 275 g/mol. The zero-order valence-electron chi connectivity index (χ0n) is 10.1. The van der Waals surface area contributed by atoms with Crippen LogP contribution in [0.25, 0.3) is 0 Å². The Bertz CT molecular complexity index is 622. The molecule has 0 spiro atoms. The van der Waals surface area contributed by atoms with Crippen molar-refractivity contribution in [3.63, 3.8) is 0 Å². The Labute approximate surface area is 114 Å². The van der Waals surface area contributed by atoms with Crippen molar-refractivity contribution in [3.8, 4) is 0 Å². The molecule has 0 fully saturated rings. The zero-order valence-corrected chi connectivity index (χ0v) is 10.9. The molecule has 0 aliphatic carbocycles. The van der Waals surface area contributed by atoms with Crippen molar-refractivity contribution in [2.24, 2.45) is 11.5 Å². The summed E-state index contributed by atoms with van der Waals surface area (Å²) < 4.78 is 0. The molecule has 1 aromatic carbocycles. The molecule has 2 amide bonds. The first-order chi connectivity index (χ1) is 9.06. The number of hydrogen-bond donors (Lipinski definition) is 3. The van der Waals surface area contributed by atoms with Crippen molar-refractivity contribution in [3.05, 3.63) is 51.7 Å². The summed E-state index contributed by atoms with van der Waals surface area (Å²) >= 11 is 1.45. The fraction of sp³-hybridized carbons (Fsp3) is 0.0769. The van der Waals surface area contributed by atoms with E-state index in [1.807, 2.05) is 6.07 Å². The Morgan fingerprint density at radius 2 is 1.84 bits per heavy atom. The minimum absolute atomic E-state index is 0.432. The van der Waals surface area contributed by atoms with Gasteiger partial charge in [-0.25, -0.2) is 0 Å². The van der Waals surface area contributed by atoms with Crippen LogP contribution in [0.4, 0.5) is 5.69 Å². The van der Waals surface area contributed by atoms with Crippen molar-refractivity contribution < 1.29 is 9.59 Å². The lowest BCUT2D eigenvalue weighted by Crippen LogP contribution is -2.11. The Morgan fingerprint density at radius 3 is 2.47 bits per heavy atom. The molecular formula is C13H13N3O2S. The van der Waals surface area contributed by atoms with Gasteiger partial charge in [0.2, 0.25) is 11.8 Å². The molecule has 5 nitrogen and oxygen atoms in total. The number of amides is 2. The fourth-order valence-corrected chi connectivity index (χ4v) is 2.39. The maximum absolute atomic E-state index is 11.1. The summed E-state index contributed by atoms with van der Waals surface area (Å²) in [6.07, 6.45) is 0. The number of primary amides is 2. The first-order valence-corrected chi connectivity index (χ1v) is 6.45. The van der Waals surface area contributed by atoms with Crippen LogP contribution in [-0.2, 0) is 6.54 Å². The van der Waals surface area contributed by atoms with E-state index < -0.39 is 11.8 Å². The minimum Gasteiger partial charge on any atom is -0.380 e. The van der Waals surface area contributed by atoms with Crippen molar-refractivity contribution in [1.29, 1.82) is 0 Å². The van der Waals surface area contributed by atoms with E-state index >= 15 is 0 Å². The van der Waals surface area contributed by atoms with Gasteiger partial charge in [-0.15, -0.1) is 11.3 Å². The van der Waals surface area contributed by atoms with E-state index in [0.717, 1.165) is 10.6 Å². The molecule has 0 atom stereocenters. The van der Waals surface area contributed by atoms with Gasteiger partial charge in [-0.05, 0) is 24.3 Å². The maximum atomic E-state index is 11.1. The number of nitrogens with two attached hydrogens (primary N) is 2. The van der Waals surface area contributed by atoms with Crippen LogP contribution in [0.15, 0.2) is 35.7 Å². The van der Waals surface area contributed by atoms with Gasteiger partial charge in [0.25, 0.3) is 0 Å². The van der Waals surface area contributed by atoms with Crippen LogP contribution in [-0.4, -0.2) is 11.8 Å². The van der Waals surface area contributed by atoms with Gasteiger partial charge in [0.15, 0.2) is 0 Å². The molecule has 0 saturated heterocycles. The van der Waals surface area contributed by atoms with Gasteiger partial charge < -0.3 is 16.8 Å². The van der Waals surface area contributed by atoms with Crippen molar-refractivity contribution in [2.45, 2.75) is 6.54 Å². The first-order valence-electron chi connectivity index (χ1n) is 5.57. The molecule has 0 aliphatic rings. The summed E-state index contributed by atoms with van der Waals surface area (Å²) in [5, 5.41) is 4.88. The Balaban J connectivity index is 2.03. The van der Waals surface area contributed by atoms with Crippen LogP contribution in [0.5, 0.6) is 0 Å². The van der Waals surface area contributed by atoms with Gasteiger partial charge in [-0.2, -0.15) is 0 Å². The predicted octanol–water partition coefficient (Wildman–Crippen LogP) is 1.56. The van der Waals surface area contributed by atoms with Crippen LogP contribution in [0.1, 0.15) is 25.6 Å². The van der Waals surface area contributed by atoms with Crippen molar-refractivity contribution in [2.75, 3.05) is 5.32 Å². The van der Waals surface area contributed by atoms with Gasteiger partial charge in [0, 0.05) is 28.1 Å². The van der Waals surface area contributed by atoms with Gasteiger partial charge in [0.05, 0.1) is 5.56 Å². The van der Waals surface area contributed by atoms with Gasteiger partial charge in [0.1, 0.15) is 0 Å². The topological polar surface area (TPSA) is 98.2 Å². The number of thiophene rings is 1. The average Bonchev–Trinajstić information content (AvgIpc) is 2.85. The molecule has 19 heavy (non-hydrogen) atoms. The predicted molar refractivity (Wildman–Crippen MR) is 75.1 cm³/mol. The molecular weight excluding hydrogens is 262 g/mol. The molecule has 6 heteroatoms. The molecule has 5 N–H and O–H groups in total. The van der Waals surface area contributed by atoms with E-state index in [1.54, 1.807) is 29.6 Å². The Morgan fingerprint density at radius 1 is 1.11 bits per heavy atom. The highest BCUT2D eigenvalue weighted by Crippen LogP contribution is 2.17. The molecule has 0 saturated carbocycles. The van der Waals surface area contributed by atoms with Crippen LogP contribution in [0, 0.1) is 0 Å². The smallest absolute Gasteiger partial charge is 0.249 e. The van der Waals surface area contributed by atoms with Crippen molar-refractivity contribution >= 4 is 28.8 Å². The van der Waals surface area contributed by atoms with E-state index in [-0.39, 0.29) is 0 Å². The number of anilines is 1. The first kappa shape index (κ1) is 13.1. The monoisotopic (exact) mass is 275 g/mol. The standard InChI is InChI=1S/C13H13N3O2S/c14-12(17)8-2-1-3-10(4-8)16-6-11-5-9(7-19-11)13(15)18/h1-5,7,16H,6H2,(H2,14,17)(H2,15,18). The molecule has 0 radical (unpaired) electrons. The highest BCUT2D eigenvalue weighted by molar-refractivity contribution is 7.10. The van der Waals surface area contributed by atoms with E-state index in [0.29, 0.717) is 17.7 Å². The van der Waals surface area contributed by atoms with E-state index in [1.165, 1.54) is 11.3 Å². The van der Waals surface area contributed by atoms with E-state index in [2.05, 4.69) is 5.32 Å². The summed E-state index contributed by atoms with van der Waals surface area (Å²) in [5.74, 6) is -0.894. The lowest BCUT2D eigenvalue weighted by molar-refractivity contribution is 0.0992. The van der Waals surface area contributed by atoms with Gasteiger partial charge >= 0.3 is 0 Å². The zero-order chi connectivity index (χ0) is 13.8. The molecule has 0 unspecified atom stereocenters. The third-order valence-electron chi connectivity index (χ3n) is 2.55. The number of carbonyl (C=O) groups excluding carboxylic acids is 2. The highest BCUT2D eigenvalue weighted by atomic mass is 32.1. The number of benzene rings is 1. The summed E-state index contributed by atoms with van der Waals surface area (Å²) in [6, 6.07) is 8.69. The minimum atomic E-state index is -0.462. The second kappa shape index (κ2) is 5.53. The van der Waals surface area contributed by atoms with Gasteiger partial charge in [-0.1, -0.05) is 6.07 Å². The largest absolute Gasteiger partial charge is 0.380 e. The van der Waals surface area contributed by atoms with Gasteiger partial charge in [-0.3, -0.25) is 9.59 Å².